The fraction of sp³-hybridized carbons (Fsp3) is 0.250. The van der Waals surface area contributed by atoms with Gasteiger partial charge in [-0.05, 0) is 17.7 Å². The summed E-state index contributed by atoms with van der Waals surface area (Å²) in [5.41, 5.74) is 7.92. The summed E-state index contributed by atoms with van der Waals surface area (Å²) < 4.78 is 0. The summed E-state index contributed by atoms with van der Waals surface area (Å²) in [6.07, 6.45) is 1.58. The van der Waals surface area contributed by atoms with E-state index in [0.717, 1.165) is 5.56 Å². The molecule has 63 valence electrons. The molecule has 0 unspecified atom stereocenters. The highest BCUT2D eigenvalue weighted by Gasteiger charge is 1.96. The molecule has 0 saturated carbocycles. The third-order valence-corrected chi connectivity index (χ3v) is 1.33. The van der Waals surface area contributed by atoms with Crippen LogP contribution >= 0.6 is 0 Å². The van der Waals surface area contributed by atoms with Crippen LogP contribution in [0.4, 0.5) is 5.82 Å². The maximum absolute atomic E-state index is 10.6. The standard InChI is InChI=1S/C8H10N3O/c1-6(12)11-8-4-7(5-9)2-3-10-8/h2-4,9H,5H2,1H3,(H,10,11,12). The van der Waals surface area contributed by atoms with Crippen molar-refractivity contribution >= 4 is 11.7 Å². The van der Waals surface area contributed by atoms with Crippen molar-refractivity contribution in [3.63, 3.8) is 0 Å². The highest BCUT2D eigenvalue weighted by atomic mass is 16.1. The highest BCUT2D eigenvalue weighted by Crippen LogP contribution is 2.05. The second-order valence-electron chi connectivity index (χ2n) is 2.41. The molecule has 0 aliphatic carbocycles. The van der Waals surface area contributed by atoms with Crippen LogP contribution in [0.2, 0.25) is 0 Å². The van der Waals surface area contributed by atoms with Crippen LogP contribution in [0.25, 0.3) is 0 Å². The topological polar surface area (TPSA) is 65.8 Å². The van der Waals surface area contributed by atoms with E-state index in [1.54, 1.807) is 18.3 Å². The van der Waals surface area contributed by atoms with E-state index in [1.165, 1.54) is 6.92 Å². The van der Waals surface area contributed by atoms with Crippen molar-refractivity contribution < 1.29 is 4.79 Å². The molecule has 0 aromatic carbocycles. The molecule has 0 bridgehead atoms. The number of carbonyl (C=O) groups excluding carboxylic acids is 1. The van der Waals surface area contributed by atoms with Crippen molar-refractivity contribution in [2.75, 3.05) is 5.32 Å². The predicted octanol–water partition coefficient (Wildman–Crippen LogP) is 0.823. The normalized spacial score (nSPS) is 9.50. The molecule has 0 aliphatic heterocycles. The second-order valence-corrected chi connectivity index (χ2v) is 2.41. The van der Waals surface area contributed by atoms with Gasteiger partial charge in [-0.25, -0.2) is 4.98 Å². The molecule has 4 heteroatoms. The minimum absolute atomic E-state index is 0.148. The Morgan fingerprint density at radius 2 is 2.50 bits per heavy atom. The third-order valence-electron chi connectivity index (χ3n) is 1.33. The van der Waals surface area contributed by atoms with Gasteiger partial charge in [-0.1, -0.05) is 0 Å². The zero-order valence-corrected chi connectivity index (χ0v) is 6.79. The fourth-order valence-corrected chi connectivity index (χ4v) is 0.833. The van der Waals surface area contributed by atoms with Gasteiger partial charge in [-0.3, -0.25) is 10.5 Å². The number of hydrogen-bond acceptors (Lipinski definition) is 2. The van der Waals surface area contributed by atoms with E-state index in [2.05, 4.69) is 10.3 Å². The lowest BCUT2D eigenvalue weighted by atomic mass is 10.2. The number of anilines is 1. The summed E-state index contributed by atoms with van der Waals surface area (Å²) in [5.74, 6) is 0.358. The molecule has 0 spiro atoms. The summed E-state index contributed by atoms with van der Waals surface area (Å²) in [6.45, 7) is 1.63. The predicted molar refractivity (Wildman–Crippen MR) is 45.3 cm³/mol. The number of pyridine rings is 1. The molecular formula is C8H10N3O. The van der Waals surface area contributed by atoms with Crippen molar-refractivity contribution in [1.82, 2.24) is 10.7 Å². The lowest BCUT2D eigenvalue weighted by Gasteiger charge is -2.01. The van der Waals surface area contributed by atoms with Crippen LogP contribution in [0.15, 0.2) is 18.3 Å². The van der Waals surface area contributed by atoms with Gasteiger partial charge < -0.3 is 5.32 Å². The molecule has 0 atom stereocenters. The smallest absolute Gasteiger partial charge is 0.222 e. The molecule has 0 aliphatic rings. The first-order valence-corrected chi connectivity index (χ1v) is 3.59. The van der Waals surface area contributed by atoms with Gasteiger partial charge in [0.15, 0.2) is 0 Å². The van der Waals surface area contributed by atoms with Crippen molar-refractivity contribution in [2.45, 2.75) is 13.5 Å². The Hall–Kier alpha value is -1.42. The first kappa shape index (κ1) is 8.67. The summed E-state index contributed by atoms with van der Waals surface area (Å²) in [6, 6.07) is 3.44. The van der Waals surface area contributed by atoms with Crippen LogP contribution in [-0.2, 0) is 11.3 Å². The summed E-state index contributed by atoms with van der Waals surface area (Å²) in [7, 11) is 0. The van der Waals surface area contributed by atoms with Crippen LogP contribution in [0, 0.1) is 0 Å². The molecule has 1 heterocycles. The van der Waals surface area contributed by atoms with Crippen LogP contribution in [0.5, 0.6) is 0 Å². The maximum atomic E-state index is 10.6. The second kappa shape index (κ2) is 3.82. The Labute approximate surface area is 70.8 Å². The van der Waals surface area contributed by atoms with Crippen LogP contribution in [-0.4, -0.2) is 10.9 Å². The van der Waals surface area contributed by atoms with Gasteiger partial charge in [0.2, 0.25) is 5.91 Å². The van der Waals surface area contributed by atoms with E-state index in [4.69, 9.17) is 5.73 Å². The average Bonchev–Trinajstić information content (AvgIpc) is 2.03. The molecule has 0 saturated heterocycles. The maximum Gasteiger partial charge on any atom is 0.222 e. The van der Waals surface area contributed by atoms with E-state index in [0.29, 0.717) is 5.82 Å². The van der Waals surface area contributed by atoms with Crippen LogP contribution in [0.3, 0.4) is 0 Å². The van der Waals surface area contributed by atoms with Gasteiger partial charge in [0.1, 0.15) is 5.82 Å². The van der Waals surface area contributed by atoms with Crippen molar-refractivity contribution in [3.8, 4) is 0 Å². The zero-order chi connectivity index (χ0) is 8.97. The number of carbonyl (C=O) groups is 1. The summed E-state index contributed by atoms with van der Waals surface area (Å²) in [4.78, 5) is 14.5. The summed E-state index contributed by atoms with van der Waals surface area (Å²) in [5, 5.41) is 2.55. The average molecular weight is 164 g/mol. The molecule has 1 rings (SSSR count). The van der Waals surface area contributed by atoms with Crippen molar-refractivity contribution in [1.29, 1.82) is 0 Å². The van der Waals surface area contributed by atoms with Crippen molar-refractivity contribution in [2.24, 2.45) is 0 Å². The quantitative estimate of drug-likeness (QED) is 0.703. The van der Waals surface area contributed by atoms with E-state index in [-0.39, 0.29) is 12.5 Å². The van der Waals surface area contributed by atoms with Crippen molar-refractivity contribution in [3.05, 3.63) is 23.9 Å². The molecule has 1 aromatic heterocycles. The number of aromatic nitrogens is 1. The van der Waals surface area contributed by atoms with Crippen LogP contribution in [0.1, 0.15) is 12.5 Å². The minimum atomic E-state index is -0.148. The molecule has 12 heavy (non-hydrogen) atoms. The molecule has 1 amide bonds. The van der Waals surface area contributed by atoms with Gasteiger partial charge in [-0.15, -0.1) is 0 Å². The SMILES string of the molecule is CC(=O)Nc1cc(C[NH])ccn1. The monoisotopic (exact) mass is 164 g/mol. The largest absolute Gasteiger partial charge is 0.311 e. The first-order chi connectivity index (χ1) is 5.72. The van der Waals surface area contributed by atoms with Gasteiger partial charge in [0.25, 0.3) is 0 Å². The Kier molecular flexibility index (Phi) is 2.76. The number of nitrogens with zero attached hydrogens (tertiary/aromatic N) is 1. The van der Waals surface area contributed by atoms with E-state index >= 15 is 0 Å². The van der Waals surface area contributed by atoms with Gasteiger partial charge in [0, 0.05) is 19.7 Å². The van der Waals surface area contributed by atoms with E-state index in [1.807, 2.05) is 0 Å². The number of nitrogens with one attached hydrogen (secondary N) is 2. The molecule has 0 fully saturated rings. The Morgan fingerprint density at radius 1 is 1.75 bits per heavy atom. The Balaban J connectivity index is 2.79. The molecule has 2 N–H and O–H groups in total. The molecular weight excluding hydrogens is 154 g/mol. The minimum Gasteiger partial charge on any atom is -0.311 e. The van der Waals surface area contributed by atoms with Gasteiger partial charge in [0.05, 0.1) is 0 Å². The lowest BCUT2D eigenvalue weighted by Crippen LogP contribution is -2.07. The van der Waals surface area contributed by atoms with Gasteiger partial charge in [-0.2, -0.15) is 0 Å². The molecule has 4 nitrogen and oxygen atoms in total. The summed E-state index contributed by atoms with van der Waals surface area (Å²) >= 11 is 0. The lowest BCUT2D eigenvalue weighted by molar-refractivity contribution is -0.114. The number of amides is 1. The Morgan fingerprint density at radius 3 is 3.08 bits per heavy atom. The van der Waals surface area contributed by atoms with Crippen LogP contribution < -0.4 is 11.1 Å². The fourth-order valence-electron chi connectivity index (χ4n) is 0.833. The molecule has 1 radical (unpaired) electrons. The zero-order valence-electron chi connectivity index (χ0n) is 6.79. The third kappa shape index (κ3) is 2.32. The molecule has 1 aromatic rings. The number of hydrogen-bond donors (Lipinski definition) is 1. The Bertz CT molecular complexity index is 285. The van der Waals surface area contributed by atoms with E-state index in [9.17, 15) is 4.79 Å². The highest BCUT2D eigenvalue weighted by molar-refractivity contribution is 5.87. The van der Waals surface area contributed by atoms with E-state index < -0.39 is 0 Å². The number of rotatable bonds is 2. The van der Waals surface area contributed by atoms with Gasteiger partial charge >= 0.3 is 0 Å². The first-order valence-electron chi connectivity index (χ1n) is 3.59.